The van der Waals surface area contributed by atoms with Gasteiger partial charge in [0.2, 0.25) is 0 Å². The summed E-state index contributed by atoms with van der Waals surface area (Å²) < 4.78 is 16.7. The van der Waals surface area contributed by atoms with Gasteiger partial charge in [-0.3, -0.25) is 4.99 Å². The second-order valence-electron chi connectivity index (χ2n) is 6.31. The Bertz CT molecular complexity index is 311. The summed E-state index contributed by atoms with van der Waals surface area (Å²) in [6, 6.07) is 0. The zero-order valence-corrected chi connectivity index (χ0v) is 17.8. The zero-order chi connectivity index (χ0) is 16.8. The number of rotatable bonds is 12. The van der Waals surface area contributed by atoms with Crippen LogP contribution in [0, 0.1) is 5.92 Å². The van der Waals surface area contributed by atoms with Gasteiger partial charge in [-0.25, -0.2) is 0 Å². The lowest BCUT2D eigenvalue weighted by molar-refractivity contribution is 0.0168. The maximum Gasteiger partial charge on any atom is 0.190 e. The van der Waals surface area contributed by atoms with Gasteiger partial charge in [0, 0.05) is 46.6 Å². The first-order chi connectivity index (χ1) is 11.2. The molecule has 0 radical (unpaired) electrons. The molecule has 0 spiro atoms. The van der Waals surface area contributed by atoms with E-state index in [0.29, 0.717) is 12.0 Å². The van der Waals surface area contributed by atoms with Crippen molar-refractivity contribution in [2.75, 3.05) is 53.2 Å². The Balaban J connectivity index is 0.00000529. The molecular weight excluding hydrogens is 421 g/mol. The molecule has 1 atom stereocenters. The Morgan fingerprint density at radius 1 is 1.17 bits per heavy atom. The summed E-state index contributed by atoms with van der Waals surface area (Å²) in [7, 11) is 1.79. The van der Waals surface area contributed by atoms with Crippen molar-refractivity contribution in [1.29, 1.82) is 0 Å². The van der Waals surface area contributed by atoms with E-state index in [0.717, 1.165) is 71.3 Å². The van der Waals surface area contributed by atoms with Crippen molar-refractivity contribution >= 4 is 29.9 Å². The molecule has 1 aliphatic heterocycles. The number of aliphatic imine (C=N–C) groups is 1. The van der Waals surface area contributed by atoms with E-state index in [1.165, 1.54) is 6.42 Å². The molecule has 0 aliphatic carbocycles. The molecule has 0 aromatic heterocycles. The number of halogens is 1. The monoisotopic (exact) mass is 457 g/mol. The van der Waals surface area contributed by atoms with Gasteiger partial charge in [0.1, 0.15) is 0 Å². The van der Waals surface area contributed by atoms with Crippen LogP contribution < -0.4 is 10.6 Å². The van der Waals surface area contributed by atoms with Crippen LogP contribution in [0.15, 0.2) is 4.99 Å². The Morgan fingerprint density at radius 2 is 1.83 bits per heavy atom. The fraction of sp³-hybridized carbons (Fsp3) is 0.941. The van der Waals surface area contributed by atoms with E-state index >= 15 is 0 Å². The molecule has 24 heavy (non-hydrogen) atoms. The van der Waals surface area contributed by atoms with Gasteiger partial charge >= 0.3 is 0 Å². The second-order valence-corrected chi connectivity index (χ2v) is 6.31. The minimum absolute atomic E-state index is 0. The molecule has 7 heteroatoms. The third kappa shape index (κ3) is 13.2. The third-order valence-electron chi connectivity index (χ3n) is 3.52. The van der Waals surface area contributed by atoms with E-state index in [2.05, 4.69) is 29.5 Å². The van der Waals surface area contributed by atoms with E-state index in [9.17, 15) is 0 Å². The number of ether oxygens (including phenoxy) is 3. The van der Waals surface area contributed by atoms with Crippen LogP contribution in [-0.4, -0.2) is 65.2 Å². The molecule has 0 aromatic rings. The Morgan fingerprint density at radius 3 is 2.38 bits per heavy atom. The van der Waals surface area contributed by atoms with E-state index in [1.807, 2.05) is 0 Å². The van der Waals surface area contributed by atoms with Crippen molar-refractivity contribution in [1.82, 2.24) is 10.6 Å². The lowest BCUT2D eigenvalue weighted by atomic mass is 10.2. The molecule has 1 fully saturated rings. The average Bonchev–Trinajstić information content (AvgIpc) is 3.04. The summed E-state index contributed by atoms with van der Waals surface area (Å²) in [6.45, 7) is 10.0. The van der Waals surface area contributed by atoms with Crippen molar-refractivity contribution in [3.63, 3.8) is 0 Å². The number of hydrogen-bond acceptors (Lipinski definition) is 4. The van der Waals surface area contributed by atoms with Gasteiger partial charge in [0.15, 0.2) is 5.96 Å². The molecule has 1 rings (SSSR count). The highest BCUT2D eigenvalue weighted by Crippen LogP contribution is 2.11. The number of nitrogens with one attached hydrogen (secondary N) is 2. The molecule has 0 bridgehead atoms. The SMILES string of the molecule is CN=C(NCCCOCC(C)C)NCCCOCC1CCCO1.I. The normalized spacial score (nSPS) is 17.8. The van der Waals surface area contributed by atoms with Gasteiger partial charge in [0.05, 0.1) is 12.7 Å². The van der Waals surface area contributed by atoms with Crippen LogP contribution in [0.3, 0.4) is 0 Å². The van der Waals surface area contributed by atoms with Crippen LogP contribution >= 0.6 is 24.0 Å². The highest BCUT2D eigenvalue weighted by atomic mass is 127. The average molecular weight is 457 g/mol. The summed E-state index contributed by atoms with van der Waals surface area (Å²) in [4.78, 5) is 4.21. The van der Waals surface area contributed by atoms with E-state index in [4.69, 9.17) is 14.2 Å². The topological polar surface area (TPSA) is 64.1 Å². The standard InChI is InChI=1S/C17H35N3O3.HI/c1-15(2)13-21-10-5-8-19-17(18-3)20-9-6-11-22-14-16-7-4-12-23-16;/h15-16H,4-14H2,1-3H3,(H2,18,19,20);1H. The summed E-state index contributed by atoms with van der Waals surface area (Å²) in [5.41, 5.74) is 0. The number of hydrogen-bond donors (Lipinski definition) is 2. The van der Waals surface area contributed by atoms with Gasteiger partial charge in [-0.2, -0.15) is 0 Å². The predicted octanol–water partition coefficient (Wildman–Crippen LogP) is 2.42. The highest BCUT2D eigenvalue weighted by molar-refractivity contribution is 14.0. The fourth-order valence-electron chi connectivity index (χ4n) is 2.29. The third-order valence-corrected chi connectivity index (χ3v) is 3.52. The molecule has 2 N–H and O–H groups in total. The first kappa shape index (κ1) is 23.9. The zero-order valence-electron chi connectivity index (χ0n) is 15.5. The van der Waals surface area contributed by atoms with Crippen molar-refractivity contribution < 1.29 is 14.2 Å². The van der Waals surface area contributed by atoms with Crippen LogP contribution in [0.25, 0.3) is 0 Å². The lowest BCUT2D eigenvalue weighted by Gasteiger charge is -2.13. The van der Waals surface area contributed by atoms with Gasteiger partial charge in [-0.1, -0.05) is 13.8 Å². The second kappa shape index (κ2) is 16.4. The largest absolute Gasteiger partial charge is 0.381 e. The Labute approximate surface area is 164 Å². The summed E-state index contributed by atoms with van der Waals surface area (Å²) in [6.07, 6.45) is 4.56. The maximum absolute atomic E-state index is 5.64. The van der Waals surface area contributed by atoms with Crippen LogP contribution in [0.5, 0.6) is 0 Å². The summed E-state index contributed by atoms with van der Waals surface area (Å²) in [5, 5.41) is 6.59. The highest BCUT2D eigenvalue weighted by Gasteiger charge is 2.14. The first-order valence-corrected chi connectivity index (χ1v) is 8.94. The van der Waals surface area contributed by atoms with E-state index in [-0.39, 0.29) is 24.0 Å². The van der Waals surface area contributed by atoms with Gasteiger partial charge < -0.3 is 24.8 Å². The molecular formula is C17H36IN3O3. The Kier molecular flexibility index (Phi) is 16.3. The van der Waals surface area contributed by atoms with E-state index < -0.39 is 0 Å². The molecule has 1 heterocycles. The molecule has 0 aromatic carbocycles. The summed E-state index contributed by atoms with van der Waals surface area (Å²) in [5.74, 6) is 1.44. The maximum atomic E-state index is 5.64. The van der Waals surface area contributed by atoms with Gasteiger partial charge in [-0.15, -0.1) is 24.0 Å². The quantitative estimate of drug-likeness (QED) is 0.204. The van der Waals surface area contributed by atoms with Gasteiger partial charge in [-0.05, 0) is 31.6 Å². The fourth-order valence-corrected chi connectivity index (χ4v) is 2.29. The molecule has 144 valence electrons. The molecule has 1 aliphatic rings. The minimum atomic E-state index is 0. The molecule has 1 unspecified atom stereocenters. The first-order valence-electron chi connectivity index (χ1n) is 8.94. The van der Waals surface area contributed by atoms with Crippen molar-refractivity contribution in [2.24, 2.45) is 10.9 Å². The molecule has 0 amide bonds. The lowest BCUT2D eigenvalue weighted by Crippen LogP contribution is -2.38. The molecule has 0 saturated carbocycles. The van der Waals surface area contributed by atoms with Crippen LogP contribution in [0.4, 0.5) is 0 Å². The molecule has 1 saturated heterocycles. The summed E-state index contributed by atoms with van der Waals surface area (Å²) >= 11 is 0. The molecule has 6 nitrogen and oxygen atoms in total. The minimum Gasteiger partial charge on any atom is -0.381 e. The van der Waals surface area contributed by atoms with Gasteiger partial charge in [0.25, 0.3) is 0 Å². The number of nitrogens with zero attached hydrogens (tertiary/aromatic N) is 1. The van der Waals surface area contributed by atoms with Crippen LogP contribution in [0.2, 0.25) is 0 Å². The van der Waals surface area contributed by atoms with Crippen molar-refractivity contribution in [3.05, 3.63) is 0 Å². The predicted molar refractivity (Wildman–Crippen MR) is 109 cm³/mol. The van der Waals surface area contributed by atoms with Crippen LogP contribution in [0.1, 0.15) is 39.5 Å². The van der Waals surface area contributed by atoms with Crippen molar-refractivity contribution in [3.8, 4) is 0 Å². The van der Waals surface area contributed by atoms with Crippen molar-refractivity contribution in [2.45, 2.75) is 45.6 Å². The smallest absolute Gasteiger partial charge is 0.190 e. The number of guanidine groups is 1. The van der Waals surface area contributed by atoms with Crippen LogP contribution in [-0.2, 0) is 14.2 Å². The Hall–Kier alpha value is -0.120. The van der Waals surface area contributed by atoms with E-state index in [1.54, 1.807) is 7.05 Å².